The van der Waals surface area contributed by atoms with Crippen molar-refractivity contribution < 1.29 is 4.39 Å². The summed E-state index contributed by atoms with van der Waals surface area (Å²) >= 11 is 3.54. The Hall–Kier alpha value is -0.450. The van der Waals surface area contributed by atoms with Crippen LogP contribution in [0.2, 0.25) is 0 Å². The Morgan fingerprint density at radius 2 is 2.05 bits per heavy atom. The van der Waals surface area contributed by atoms with Crippen LogP contribution in [0.15, 0.2) is 22.7 Å². The fourth-order valence-corrected chi connectivity index (χ4v) is 3.52. The lowest BCUT2D eigenvalue weighted by atomic mass is 9.98. The van der Waals surface area contributed by atoms with E-state index in [9.17, 15) is 4.39 Å². The molecular weight excluding hydrogens is 307 g/mol. The third-order valence-electron chi connectivity index (χ3n) is 4.17. The second-order valence-electron chi connectivity index (χ2n) is 5.65. The summed E-state index contributed by atoms with van der Waals surface area (Å²) in [6, 6.07) is 5.57. The maximum atomic E-state index is 13.3. The number of rotatable bonds is 4. The number of halogens is 2. The van der Waals surface area contributed by atoms with Crippen molar-refractivity contribution >= 4 is 15.9 Å². The van der Waals surface area contributed by atoms with Gasteiger partial charge in [0.1, 0.15) is 5.82 Å². The average molecular weight is 327 g/mol. The summed E-state index contributed by atoms with van der Waals surface area (Å²) in [6.07, 6.45) is 3.94. The van der Waals surface area contributed by atoms with Gasteiger partial charge in [-0.2, -0.15) is 0 Å². The highest BCUT2D eigenvalue weighted by Gasteiger charge is 2.31. The zero-order valence-electron chi connectivity index (χ0n) is 11.0. The average Bonchev–Trinajstić information content (AvgIpc) is 3.22. The Bertz CT molecular complexity index is 442. The molecule has 0 radical (unpaired) electrons. The third-order valence-corrected chi connectivity index (χ3v) is 4.85. The van der Waals surface area contributed by atoms with Crippen molar-refractivity contribution in [2.24, 2.45) is 5.92 Å². The van der Waals surface area contributed by atoms with Gasteiger partial charge in [-0.1, -0.05) is 34.8 Å². The third kappa shape index (κ3) is 3.36. The topological polar surface area (TPSA) is 15.3 Å². The fourth-order valence-electron chi connectivity index (χ4n) is 2.91. The minimum atomic E-state index is -0.166. The van der Waals surface area contributed by atoms with Gasteiger partial charge in [-0.25, -0.2) is 4.39 Å². The molecule has 0 spiro atoms. The Morgan fingerprint density at radius 3 is 2.68 bits per heavy atom. The molecule has 1 aliphatic carbocycles. The molecule has 1 aromatic rings. The molecule has 1 aliphatic heterocycles. The SMILES string of the molecule is Fc1ccc([C@@H](CC2CC2)N2CCNCC2)c(Br)c1. The van der Waals surface area contributed by atoms with Crippen molar-refractivity contribution in [3.05, 3.63) is 34.1 Å². The molecule has 2 aliphatic rings. The summed E-state index contributed by atoms with van der Waals surface area (Å²) in [4.78, 5) is 2.55. The molecule has 1 N–H and O–H groups in total. The summed E-state index contributed by atoms with van der Waals surface area (Å²) in [7, 11) is 0. The molecule has 1 saturated carbocycles. The molecule has 104 valence electrons. The molecule has 0 unspecified atom stereocenters. The minimum Gasteiger partial charge on any atom is -0.314 e. The van der Waals surface area contributed by atoms with E-state index in [1.807, 2.05) is 6.07 Å². The standard InChI is InChI=1S/C15H20BrFN2/c16-14-10-12(17)3-4-13(14)15(9-11-1-2-11)19-7-5-18-6-8-19/h3-4,10-11,15,18H,1-2,5-9H2/t15-/m1/s1. The van der Waals surface area contributed by atoms with Crippen molar-refractivity contribution in [3.63, 3.8) is 0 Å². The summed E-state index contributed by atoms with van der Waals surface area (Å²) < 4.78 is 14.2. The lowest BCUT2D eigenvalue weighted by Crippen LogP contribution is -2.45. The normalized spacial score (nSPS) is 22.4. The lowest BCUT2D eigenvalue weighted by molar-refractivity contribution is 0.160. The lowest BCUT2D eigenvalue weighted by Gasteiger charge is -2.36. The molecule has 19 heavy (non-hydrogen) atoms. The van der Waals surface area contributed by atoms with Crippen LogP contribution in [0, 0.1) is 11.7 Å². The number of nitrogens with one attached hydrogen (secondary N) is 1. The Kier molecular flexibility index (Phi) is 4.20. The first-order chi connectivity index (χ1) is 9.24. The van der Waals surface area contributed by atoms with Crippen LogP contribution in [-0.2, 0) is 0 Å². The fraction of sp³-hybridized carbons (Fsp3) is 0.600. The maximum absolute atomic E-state index is 13.3. The smallest absolute Gasteiger partial charge is 0.124 e. The summed E-state index contributed by atoms with van der Waals surface area (Å²) in [6.45, 7) is 4.28. The van der Waals surface area contributed by atoms with E-state index in [1.54, 1.807) is 12.1 Å². The van der Waals surface area contributed by atoms with Gasteiger partial charge in [0.25, 0.3) is 0 Å². The number of hydrogen-bond acceptors (Lipinski definition) is 2. The van der Waals surface area contributed by atoms with Crippen molar-refractivity contribution in [1.82, 2.24) is 10.2 Å². The van der Waals surface area contributed by atoms with Gasteiger partial charge in [0.05, 0.1) is 0 Å². The van der Waals surface area contributed by atoms with Crippen LogP contribution < -0.4 is 5.32 Å². The van der Waals surface area contributed by atoms with E-state index in [-0.39, 0.29) is 5.82 Å². The summed E-state index contributed by atoms with van der Waals surface area (Å²) in [5, 5.41) is 3.40. The van der Waals surface area contributed by atoms with Gasteiger partial charge in [0, 0.05) is 36.7 Å². The highest BCUT2D eigenvalue weighted by molar-refractivity contribution is 9.10. The molecule has 1 atom stereocenters. The molecule has 1 aromatic carbocycles. The van der Waals surface area contributed by atoms with E-state index in [1.165, 1.54) is 24.8 Å². The molecule has 4 heteroatoms. The van der Waals surface area contributed by atoms with Gasteiger partial charge >= 0.3 is 0 Å². The molecular formula is C15H20BrFN2. The maximum Gasteiger partial charge on any atom is 0.124 e. The van der Waals surface area contributed by atoms with Gasteiger partial charge in [0.2, 0.25) is 0 Å². The van der Waals surface area contributed by atoms with E-state index in [0.29, 0.717) is 6.04 Å². The van der Waals surface area contributed by atoms with E-state index in [0.717, 1.165) is 36.6 Å². The van der Waals surface area contributed by atoms with Crippen molar-refractivity contribution in [2.75, 3.05) is 26.2 Å². The highest BCUT2D eigenvalue weighted by Crippen LogP contribution is 2.41. The monoisotopic (exact) mass is 326 g/mol. The zero-order chi connectivity index (χ0) is 13.2. The van der Waals surface area contributed by atoms with E-state index >= 15 is 0 Å². The molecule has 1 saturated heterocycles. The molecule has 0 aromatic heterocycles. The summed E-state index contributed by atoms with van der Waals surface area (Å²) in [5.41, 5.74) is 1.25. The number of nitrogens with zero attached hydrogens (tertiary/aromatic N) is 1. The van der Waals surface area contributed by atoms with E-state index in [2.05, 4.69) is 26.1 Å². The van der Waals surface area contributed by atoms with Crippen LogP contribution in [0.1, 0.15) is 30.9 Å². The van der Waals surface area contributed by atoms with Crippen molar-refractivity contribution in [2.45, 2.75) is 25.3 Å². The van der Waals surface area contributed by atoms with Crippen molar-refractivity contribution in [3.8, 4) is 0 Å². The molecule has 2 nitrogen and oxygen atoms in total. The molecule has 0 amide bonds. The van der Waals surface area contributed by atoms with Gasteiger partial charge in [-0.3, -0.25) is 4.90 Å². The Labute approximate surface area is 122 Å². The first-order valence-corrected chi connectivity index (χ1v) is 7.93. The van der Waals surface area contributed by atoms with Gasteiger partial charge in [-0.05, 0) is 30.0 Å². The highest BCUT2D eigenvalue weighted by atomic mass is 79.9. The van der Waals surface area contributed by atoms with Crippen LogP contribution >= 0.6 is 15.9 Å². The predicted molar refractivity (Wildman–Crippen MR) is 78.6 cm³/mol. The van der Waals surface area contributed by atoms with Crippen molar-refractivity contribution in [1.29, 1.82) is 0 Å². The van der Waals surface area contributed by atoms with Crippen LogP contribution in [-0.4, -0.2) is 31.1 Å². The number of piperazine rings is 1. The zero-order valence-corrected chi connectivity index (χ0v) is 12.6. The van der Waals surface area contributed by atoms with E-state index < -0.39 is 0 Å². The minimum absolute atomic E-state index is 0.166. The number of hydrogen-bond donors (Lipinski definition) is 1. The van der Waals surface area contributed by atoms with Crippen LogP contribution in [0.5, 0.6) is 0 Å². The number of benzene rings is 1. The van der Waals surface area contributed by atoms with Crippen LogP contribution in [0.3, 0.4) is 0 Å². The Balaban J connectivity index is 1.83. The predicted octanol–water partition coefficient (Wildman–Crippen LogP) is 3.33. The van der Waals surface area contributed by atoms with Gasteiger partial charge in [-0.15, -0.1) is 0 Å². The first-order valence-electron chi connectivity index (χ1n) is 7.14. The Morgan fingerprint density at radius 1 is 1.32 bits per heavy atom. The molecule has 0 bridgehead atoms. The largest absolute Gasteiger partial charge is 0.314 e. The quantitative estimate of drug-likeness (QED) is 0.912. The van der Waals surface area contributed by atoms with Crippen LogP contribution in [0.4, 0.5) is 4.39 Å². The second-order valence-corrected chi connectivity index (χ2v) is 6.50. The van der Waals surface area contributed by atoms with Gasteiger partial charge < -0.3 is 5.32 Å². The molecule has 3 rings (SSSR count). The molecule has 2 fully saturated rings. The first kappa shape index (κ1) is 13.5. The second kappa shape index (κ2) is 5.90. The molecule has 1 heterocycles. The van der Waals surface area contributed by atoms with Gasteiger partial charge in [0.15, 0.2) is 0 Å². The van der Waals surface area contributed by atoms with Crippen LogP contribution in [0.25, 0.3) is 0 Å². The summed E-state index contributed by atoms with van der Waals surface area (Å²) in [5.74, 6) is 0.706. The van der Waals surface area contributed by atoms with E-state index in [4.69, 9.17) is 0 Å².